The Hall–Kier alpha value is -2.49. The quantitative estimate of drug-likeness (QED) is 0.917. The zero-order valence-corrected chi connectivity index (χ0v) is 12.9. The van der Waals surface area contributed by atoms with Crippen molar-refractivity contribution in [1.29, 1.82) is 0 Å². The molecular weight excluding hydrogens is 345 g/mol. The Labute approximate surface area is 138 Å². The first-order valence-corrected chi connectivity index (χ1v) is 7.73. The molecule has 0 saturated carbocycles. The molecule has 1 N–H and O–H groups in total. The van der Waals surface area contributed by atoms with Gasteiger partial charge in [0.2, 0.25) is 22.0 Å². The van der Waals surface area contributed by atoms with Gasteiger partial charge in [0.1, 0.15) is 0 Å². The monoisotopic (exact) mass is 356 g/mol. The van der Waals surface area contributed by atoms with Crippen molar-refractivity contribution in [3.05, 3.63) is 35.3 Å². The summed E-state index contributed by atoms with van der Waals surface area (Å²) in [6.07, 6.45) is -4.61. The number of carbonyl (C=O) groups is 2. The van der Waals surface area contributed by atoms with Crippen LogP contribution in [-0.2, 0) is 15.8 Å². The van der Waals surface area contributed by atoms with Gasteiger partial charge in [-0.05, 0) is 12.1 Å². The van der Waals surface area contributed by atoms with E-state index in [1.807, 2.05) is 6.07 Å². The smallest absolute Gasteiger partial charge is 0.312 e. The number of nitrogens with one attached hydrogen (secondary N) is 1. The molecule has 1 aliphatic rings. The summed E-state index contributed by atoms with van der Waals surface area (Å²) < 4.78 is 37.4. The van der Waals surface area contributed by atoms with Gasteiger partial charge in [-0.15, -0.1) is 10.2 Å². The molecule has 1 saturated heterocycles. The molecule has 1 atom stereocenters. The van der Waals surface area contributed by atoms with Crippen molar-refractivity contribution >= 4 is 34.0 Å². The van der Waals surface area contributed by atoms with Crippen molar-refractivity contribution in [2.45, 2.75) is 12.6 Å². The average Bonchev–Trinajstić information content (AvgIpc) is 3.14. The second-order valence-electron chi connectivity index (χ2n) is 5.14. The molecule has 1 fully saturated rings. The first-order valence-electron chi connectivity index (χ1n) is 6.91. The molecule has 2 amide bonds. The van der Waals surface area contributed by atoms with Gasteiger partial charge in [-0.1, -0.05) is 29.5 Å². The van der Waals surface area contributed by atoms with Crippen molar-refractivity contribution in [1.82, 2.24) is 10.2 Å². The van der Waals surface area contributed by atoms with E-state index in [4.69, 9.17) is 0 Å². The lowest BCUT2D eigenvalue weighted by Crippen LogP contribution is -2.28. The number of hydrogen-bond acceptors (Lipinski definition) is 5. The third-order valence-electron chi connectivity index (χ3n) is 3.46. The molecule has 1 aliphatic heterocycles. The summed E-state index contributed by atoms with van der Waals surface area (Å²) in [5.74, 6) is -1.42. The molecule has 10 heteroatoms. The summed E-state index contributed by atoms with van der Waals surface area (Å²) in [6, 6.07) is 8.85. The van der Waals surface area contributed by atoms with E-state index in [0.717, 1.165) is 0 Å². The normalized spacial score (nSPS) is 18.0. The highest BCUT2D eigenvalue weighted by Crippen LogP contribution is 2.33. The van der Waals surface area contributed by atoms with Crippen molar-refractivity contribution in [2.75, 3.05) is 16.8 Å². The van der Waals surface area contributed by atoms with E-state index in [1.54, 1.807) is 24.3 Å². The molecule has 24 heavy (non-hydrogen) atoms. The lowest BCUT2D eigenvalue weighted by atomic mass is 10.1. The summed E-state index contributed by atoms with van der Waals surface area (Å²) >= 11 is 0.247. The van der Waals surface area contributed by atoms with Gasteiger partial charge in [-0.2, -0.15) is 13.2 Å². The highest BCUT2D eigenvalue weighted by molar-refractivity contribution is 7.15. The highest BCUT2D eigenvalue weighted by atomic mass is 32.1. The molecular formula is C14H11F3N4O2S. The topological polar surface area (TPSA) is 75.2 Å². The van der Waals surface area contributed by atoms with Crippen LogP contribution in [0.1, 0.15) is 11.4 Å². The van der Waals surface area contributed by atoms with E-state index in [1.165, 1.54) is 4.90 Å². The molecule has 0 spiro atoms. The molecule has 0 bridgehead atoms. The second kappa shape index (κ2) is 6.19. The predicted octanol–water partition coefficient (Wildman–Crippen LogP) is 2.55. The fourth-order valence-electron chi connectivity index (χ4n) is 2.34. The molecule has 1 aromatic heterocycles. The number of halogens is 3. The molecule has 0 aliphatic carbocycles. The van der Waals surface area contributed by atoms with Crippen LogP contribution in [0.25, 0.3) is 0 Å². The Morgan fingerprint density at radius 2 is 1.96 bits per heavy atom. The number of alkyl halides is 3. The van der Waals surface area contributed by atoms with Crippen LogP contribution in [-0.4, -0.2) is 28.6 Å². The van der Waals surface area contributed by atoms with Crippen molar-refractivity contribution in [3.8, 4) is 0 Å². The minimum absolute atomic E-state index is 0.00827. The van der Waals surface area contributed by atoms with Gasteiger partial charge in [0, 0.05) is 18.7 Å². The first-order chi connectivity index (χ1) is 11.3. The molecule has 6 nitrogen and oxygen atoms in total. The predicted molar refractivity (Wildman–Crippen MR) is 80.4 cm³/mol. The van der Waals surface area contributed by atoms with Gasteiger partial charge in [-0.25, -0.2) is 0 Å². The third kappa shape index (κ3) is 3.37. The van der Waals surface area contributed by atoms with Crippen molar-refractivity contribution in [3.63, 3.8) is 0 Å². The fraction of sp³-hybridized carbons (Fsp3) is 0.286. The van der Waals surface area contributed by atoms with Gasteiger partial charge in [0.25, 0.3) is 0 Å². The van der Waals surface area contributed by atoms with Gasteiger partial charge in [0.15, 0.2) is 0 Å². The molecule has 1 unspecified atom stereocenters. The zero-order valence-electron chi connectivity index (χ0n) is 12.1. The molecule has 2 aromatic rings. The summed E-state index contributed by atoms with van der Waals surface area (Å²) in [5.41, 5.74) is 0.674. The average molecular weight is 356 g/mol. The molecule has 2 heterocycles. The first kappa shape index (κ1) is 16.4. The van der Waals surface area contributed by atoms with Crippen LogP contribution >= 0.6 is 11.3 Å². The van der Waals surface area contributed by atoms with Crippen LogP contribution in [0.4, 0.5) is 24.0 Å². The summed E-state index contributed by atoms with van der Waals surface area (Å²) in [4.78, 5) is 25.7. The maximum Gasteiger partial charge on any atom is 0.445 e. The number of carbonyl (C=O) groups excluding carboxylic acids is 2. The minimum Gasteiger partial charge on any atom is -0.312 e. The zero-order chi connectivity index (χ0) is 17.3. The number of benzene rings is 1. The van der Waals surface area contributed by atoms with E-state index in [0.29, 0.717) is 5.69 Å². The fourth-order valence-corrected chi connectivity index (χ4v) is 2.95. The van der Waals surface area contributed by atoms with Crippen LogP contribution in [0.5, 0.6) is 0 Å². The lowest BCUT2D eigenvalue weighted by Gasteiger charge is -2.16. The number of rotatable bonds is 3. The van der Waals surface area contributed by atoms with E-state index >= 15 is 0 Å². The summed E-state index contributed by atoms with van der Waals surface area (Å²) in [5, 5.41) is 7.23. The van der Waals surface area contributed by atoms with Crippen LogP contribution in [0, 0.1) is 5.92 Å². The SMILES string of the molecule is O=C(Nc1nnc(C(F)(F)F)s1)C1CC(=O)N(c2ccccc2)C1. The maximum absolute atomic E-state index is 12.5. The lowest BCUT2D eigenvalue weighted by molar-refractivity contribution is -0.138. The van der Waals surface area contributed by atoms with Crippen LogP contribution in [0.15, 0.2) is 30.3 Å². The molecule has 126 valence electrons. The van der Waals surface area contributed by atoms with Crippen LogP contribution in [0.2, 0.25) is 0 Å². The van der Waals surface area contributed by atoms with Crippen molar-refractivity contribution in [2.24, 2.45) is 5.92 Å². The van der Waals surface area contributed by atoms with Crippen LogP contribution < -0.4 is 10.2 Å². The van der Waals surface area contributed by atoms with E-state index in [-0.39, 0.29) is 35.3 Å². The standard InChI is InChI=1S/C14H11F3N4O2S/c15-14(16,17)12-19-20-13(24-12)18-11(23)8-6-10(22)21(7-8)9-4-2-1-3-5-9/h1-5,8H,6-7H2,(H,18,20,23). The van der Waals surface area contributed by atoms with Gasteiger partial charge in [-0.3, -0.25) is 9.59 Å². The number of anilines is 2. The number of aromatic nitrogens is 2. The second-order valence-corrected chi connectivity index (χ2v) is 6.12. The number of hydrogen-bond donors (Lipinski definition) is 1. The Morgan fingerprint density at radius 1 is 1.25 bits per heavy atom. The Morgan fingerprint density at radius 3 is 2.58 bits per heavy atom. The van der Waals surface area contributed by atoms with Gasteiger partial charge < -0.3 is 10.2 Å². The van der Waals surface area contributed by atoms with Gasteiger partial charge >= 0.3 is 6.18 Å². The summed E-state index contributed by atoms with van der Waals surface area (Å²) in [6.45, 7) is 0.166. The Kier molecular flexibility index (Phi) is 4.22. The van der Waals surface area contributed by atoms with E-state index in [2.05, 4.69) is 15.5 Å². The van der Waals surface area contributed by atoms with E-state index < -0.39 is 23.0 Å². The maximum atomic E-state index is 12.5. The van der Waals surface area contributed by atoms with Crippen molar-refractivity contribution < 1.29 is 22.8 Å². The molecule has 0 radical (unpaired) electrons. The third-order valence-corrected chi connectivity index (χ3v) is 4.34. The largest absolute Gasteiger partial charge is 0.445 e. The van der Waals surface area contributed by atoms with Crippen LogP contribution in [0.3, 0.4) is 0 Å². The Bertz CT molecular complexity index is 763. The number of nitrogens with zero attached hydrogens (tertiary/aromatic N) is 3. The van der Waals surface area contributed by atoms with Gasteiger partial charge in [0.05, 0.1) is 5.92 Å². The minimum atomic E-state index is -4.60. The highest BCUT2D eigenvalue weighted by Gasteiger charge is 2.37. The molecule has 3 rings (SSSR count). The Balaban J connectivity index is 1.66. The summed E-state index contributed by atoms with van der Waals surface area (Å²) in [7, 11) is 0. The number of amides is 2. The molecule has 1 aromatic carbocycles. The number of para-hydroxylation sites is 1. The van der Waals surface area contributed by atoms with E-state index in [9.17, 15) is 22.8 Å².